The highest BCUT2D eigenvalue weighted by atomic mass is 16.6. The summed E-state index contributed by atoms with van der Waals surface area (Å²) in [7, 11) is 0. The third-order valence-corrected chi connectivity index (χ3v) is 3.45. The molecular formula is C16H20N2O3. The van der Waals surface area contributed by atoms with Gasteiger partial charge < -0.3 is 10.1 Å². The predicted molar refractivity (Wildman–Crippen MR) is 81.4 cm³/mol. The van der Waals surface area contributed by atoms with Crippen LogP contribution in [0, 0.1) is 6.92 Å². The highest BCUT2D eigenvalue weighted by Gasteiger charge is 2.32. The van der Waals surface area contributed by atoms with Gasteiger partial charge in [-0.25, -0.2) is 4.79 Å². The van der Waals surface area contributed by atoms with Crippen LogP contribution in [0.15, 0.2) is 30.9 Å². The maximum Gasteiger partial charge on any atom is 0.414 e. The summed E-state index contributed by atoms with van der Waals surface area (Å²) in [6.07, 6.45) is 1.98. The van der Waals surface area contributed by atoms with Crippen LogP contribution in [0.3, 0.4) is 0 Å². The molecule has 0 unspecified atom stereocenters. The van der Waals surface area contributed by atoms with Crippen molar-refractivity contribution in [2.24, 2.45) is 0 Å². The lowest BCUT2D eigenvalue weighted by atomic mass is 10.0. The van der Waals surface area contributed by atoms with E-state index >= 15 is 0 Å². The van der Waals surface area contributed by atoms with Gasteiger partial charge in [0.25, 0.3) is 0 Å². The molecule has 1 fully saturated rings. The zero-order valence-corrected chi connectivity index (χ0v) is 12.4. The van der Waals surface area contributed by atoms with E-state index < -0.39 is 0 Å². The van der Waals surface area contributed by atoms with Gasteiger partial charge in [-0.05, 0) is 36.6 Å². The number of aryl methyl sites for hydroxylation is 1. The summed E-state index contributed by atoms with van der Waals surface area (Å²) in [4.78, 5) is 24.4. The van der Waals surface area contributed by atoms with Crippen LogP contribution in [-0.4, -0.2) is 31.2 Å². The maximum atomic E-state index is 11.9. The molecule has 0 aromatic heterocycles. The molecule has 0 radical (unpaired) electrons. The number of nitrogens with zero attached hydrogens (tertiary/aromatic N) is 1. The van der Waals surface area contributed by atoms with Crippen LogP contribution >= 0.6 is 0 Å². The largest absolute Gasteiger partial charge is 0.442 e. The maximum absolute atomic E-state index is 11.9. The SMILES string of the molecule is C=CCc1ccc(N2C[C@H](CNC(C)=O)OC2=O)cc1C. The predicted octanol–water partition coefficient (Wildman–Crippen LogP) is 2.18. The quantitative estimate of drug-likeness (QED) is 0.845. The summed E-state index contributed by atoms with van der Waals surface area (Å²) in [6.45, 7) is 7.97. The number of benzene rings is 1. The zero-order chi connectivity index (χ0) is 15.4. The lowest BCUT2D eigenvalue weighted by molar-refractivity contribution is -0.119. The van der Waals surface area contributed by atoms with Crippen molar-refractivity contribution >= 4 is 17.7 Å². The van der Waals surface area contributed by atoms with E-state index in [1.54, 1.807) is 4.90 Å². The monoisotopic (exact) mass is 288 g/mol. The number of cyclic esters (lactones) is 1. The molecule has 0 saturated carbocycles. The van der Waals surface area contributed by atoms with Gasteiger partial charge in [0.1, 0.15) is 6.10 Å². The number of carbonyl (C=O) groups is 2. The number of allylic oxidation sites excluding steroid dienone is 1. The van der Waals surface area contributed by atoms with Gasteiger partial charge in [-0.1, -0.05) is 12.1 Å². The Hall–Kier alpha value is -2.30. The minimum atomic E-state index is -0.374. The lowest BCUT2D eigenvalue weighted by Gasteiger charge is -2.15. The molecule has 1 heterocycles. The first kappa shape index (κ1) is 15.1. The molecule has 1 aliphatic heterocycles. The van der Waals surface area contributed by atoms with Gasteiger partial charge in [0.15, 0.2) is 0 Å². The van der Waals surface area contributed by atoms with Crippen LogP contribution in [0.2, 0.25) is 0 Å². The summed E-state index contributed by atoms with van der Waals surface area (Å²) < 4.78 is 5.25. The highest BCUT2D eigenvalue weighted by Crippen LogP contribution is 2.24. The highest BCUT2D eigenvalue weighted by molar-refractivity contribution is 5.90. The molecule has 1 aromatic carbocycles. The Balaban J connectivity index is 2.08. The summed E-state index contributed by atoms with van der Waals surface area (Å²) in [5.41, 5.74) is 3.12. The summed E-state index contributed by atoms with van der Waals surface area (Å²) in [5.74, 6) is -0.130. The molecule has 2 rings (SSSR count). The van der Waals surface area contributed by atoms with E-state index in [1.165, 1.54) is 12.5 Å². The van der Waals surface area contributed by atoms with Crippen LogP contribution in [-0.2, 0) is 16.0 Å². The third-order valence-electron chi connectivity index (χ3n) is 3.45. The number of anilines is 1. The molecule has 1 N–H and O–H groups in total. The molecule has 1 aliphatic rings. The molecule has 2 amide bonds. The minimum absolute atomic E-state index is 0.130. The number of rotatable bonds is 5. The Morgan fingerprint density at radius 3 is 2.95 bits per heavy atom. The van der Waals surface area contributed by atoms with Gasteiger partial charge in [0.2, 0.25) is 5.91 Å². The second kappa shape index (κ2) is 6.43. The molecule has 0 aliphatic carbocycles. The Labute approximate surface area is 124 Å². The summed E-state index contributed by atoms with van der Waals surface area (Å²) >= 11 is 0. The molecule has 5 nitrogen and oxygen atoms in total. The Morgan fingerprint density at radius 1 is 1.57 bits per heavy atom. The van der Waals surface area contributed by atoms with Crippen molar-refractivity contribution in [2.45, 2.75) is 26.4 Å². The Kier molecular flexibility index (Phi) is 4.62. The Morgan fingerprint density at radius 2 is 2.33 bits per heavy atom. The third kappa shape index (κ3) is 3.62. The van der Waals surface area contributed by atoms with Crippen molar-refractivity contribution in [1.29, 1.82) is 0 Å². The number of nitrogens with one attached hydrogen (secondary N) is 1. The van der Waals surface area contributed by atoms with Crippen molar-refractivity contribution < 1.29 is 14.3 Å². The fourth-order valence-corrected chi connectivity index (χ4v) is 2.33. The van der Waals surface area contributed by atoms with Gasteiger partial charge in [0.05, 0.1) is 13.1 Å². The van der Waals surface area contributed by atoms with Gasteiger partial charge in [-0.2, -0.15) is 0 Å². The first-order chi connectivity index (χ1) is 10.0. The van der Waals surface area contributed by atoms with E-state index in [0.29, 0.717) is 13.1 Å². The van der Waals surface area contributed by atoms with E-state index in [4.69, 9.17) is 4.74 Å². The topological polar surface area (TPSA) is 58.6 Å². The van der Waals surface area contributed by atoms with Crippen LogP contribution in [0.5, 0.6) is 0 Å². The lowest BCUT2D eigenvalue weighted by Crippen LogP contribution is -2.33. The Bertz CT molecular complexity index is 569. The van der Waals surface area contributed by atoms with Crippen molar-refractivity contribution in [3.63, 3.8) is 0 Å². The average Bonchev–Trinajstić information content (AvgIpc) is 2.80. The van der Waals surface area contributed by atoms with Crippen LogP contribution in [0.1, 0.15) is 18.1 Å². The standard InChI is InChI=1S/C16H20N2O3/c1-4-5-13-6-7-14(8-11(13)2)18-10-15(21-16(18)20)9-17-12(3)19/h4,6-8,15H,1,5,9-10H2,2-3H3,(H,17,19)/t15-/m0/s1. The van der Waals surface area contributed by atoms with Crippen molar-refractivity contribution in [2.75, 3.05) is 18.0 Å². The van der Waals surface area contributed by atoms with Gasteiger partial charge in [0, 0.05) is 12.6 Å². The molecular weight excluding hydrogens is 268 g/mol. The number of carbonyl (C=O) groups excluding carboxylic acids is 2. The van der Waals surface area contributed by atoms with E-state index in [0.717, 1.165) is 17.7 Å². The number of hydrogen-bond donors (Lipinski definition) is 1. The smallest absolute Gasteiger partial charge is 0.414 e. The molecule has 1 aromatic rings. The first-order valence-corrected chi connectivity index (χ1v) is 6.94. The summed E-state index contributed by atoms with van der Waals surface area (Å²) in [5, 5.41) is 2.66. The molecule has 21 heavy (non-hydrogen) atoms. The van der Waals surface area contributed by atoms with E-state index in [2.05, 4.69) is 11.9 Å². The van der Waals surface area contributed by atoms with Crippen LogP contribution in [0.4, 0.5) is 10.5 Å². The van der Waals surface area contributed by atoms with Gasteiger partial charge >= 0.3 is 6.09 Å². The number of ether oxygens (including phenoxy) is 1. The number of hydrogen-bond acceptors (Lipinski definition) is 3. The van der Waals surface area contributed by atoms with E-state index in [-0.39, 0.29) is 18.1 Å². The van der Waals surface area contributed by atoms with Gasteiger partial charge in [-0.3, -0.25) is 9.69 Å². The summed E-state index contributed by atoms with van der Waals surface area (Å²) in [6, 6.07) is 5.88. The zero-order valence-electron chi connectivity index (χ0n) is 12.4. The van der Waals surface area contributed by atoms with Crippen LogP contribution < -0.4 is 10.2 Å². The molecule has 5 heteroatoms. The average molecular weight is 288 g/mol. The van der Waals surface area contributed by atoms with E-state index in [1.807, 2.05) is 31.2 Å². The first-order valence-electron chi connectivity index (χ1n) is 6.94. The number of amides is 2. The fraction of sp³-hybridized carbons (Fsp3) is 0.375. The normalized spacial score (nSPS) is 17.5. The van der Waals surface area contributed by atoms with Crippen molar-refractivity contribution in [1.82, 2.24) is 5.32 Å². The second-order valence-electron chi connectivity index (χ2n) is 5.16. The molecule has 0 spiro atoms. The second-order valence-corrected chi connectivity index (χ2v) is 5.16. The van der Waals surface area contributed by atoms with Crippen molar-refractivity contribution in [3.8, 4) is 0 Å². The van der Waals surface area contributed by atoms with Crippen molar-refractivity contribution in [3.05, 3.63) is 42.0 Å². The van der Waals surface area contributed by atoms with E-state index in [9.17, 15) is 9.59 Å². The molecule has 0 bridgehead atoms. The fourth-order valence-electron chi connectivity index (χ4n) is 2.33. The van der Waals surface area contributed by atoms with Crippen LogP contribution in [0.25, 0.3) is 0 Å². The van der Waals surface area contributed by atoms with Gasteiger partial charge in [-0.15, -0.1) is 6.58 Å². The minimum Gasteiger partial charge on any atom is -0.442 e. The molecule has 112 valence electrons. The molecule has 1 atom stereocenters. The molecule has 1 saturated heterocycles.